The third-order valence-electron chi connectivity index (χ3n) is 7.21. The maximum Gasteiger partial charge on any atom is 0.308 e. The lowest BCUT2D eigenvalue weighted by atomic mass is 9.93. The number of benzene rings is 3. The number of rotatable bonds is 5. The highest BCUT2D eigenvalue weighted by atomic mass is 32.2. The van der Waals surface area contributed by atoms with E-state index < -0.39 is 33.4 Å². The SMILES string of the molecule is CN(C)S(=O)(=O)n1c2ccccc2c2cc(C(=O)N[C@]3(C)C(=O)N(c4ccccc4F)c4ccccc43)ncc21. The standard InChI is InChI=1S/C29H24FN5O4S/c1-29(20-11-5-8-14-24(20)34(28(29)37)25-15-9-6-12-21(25)30)32-27(36)22-16-19-18-10-4-7-13-23(18)35(26(19)17-31-22)40(38,39)33(2)3/h4-17H,1-3H3,(H,32,36)/t29-/m0/s1. The summed E-state index contributed by atoms with van der Waals surface area (Å²) in [7, 11) is -1.02. The lowest BCUT2D eigenvalue weighted by Gasteiger charge is -2.26. The number of nitrogens with zero attached hydrogens (tertiary/aromatic N) is 4. The summed E-state index contributed by atoms with van der Waals surface area (Å²) in [6.45, 7) is 1.57. The van der Waals surface area contributed by atoms with Gasteiger partial charge in [-0.25, -0.2) is 13.3 Å². The summed E-state index contributed by atoms with van der Waals surface area (Å²) in [6, 6.07) is 21.3. The zero-order valence-corrected chi connectivity index (χ0v) is 22.6. The molecule has 6 rings (SSSR count). The number of anilines is 2. The number of halogens is 1. The zero-order valence-electron chi connectivity index (χ0n) is 21.8. The highest BCUT2D eigenvalue weighted by Gasteiger charge is 2.49. The van der Waals surface area contributed by atoms with Gasteiger partial charge >= 0.3 is 10.2 Å². The topological polar surface area (TPSA) is 105 Å². The van der Waals surface area contributed by atoms with Crippen LogP contribution in [0.5, 0.6) is 0 Å². The van der Waals surface area contributed by atoms with Crippen molar-refractivity contribution in [2.75, 3.05) is 19.0 Å². The molecule has 0 saturated carbocycles. The third-order valence-corrected chi connectivity index (χ3v) is 8.99. The minimum atomic E-state index is -3.90. The number of nitrogens with one attached hydrogen (secondary N) is 1. The van der Waals surface area contributed by atoms with Crippen LogP contribution in [0.3, 0.4) is 0 Å². The van der Waals surface area contributed by atoms with E-state index in [1.807, 2.05) is 0 Å². The van der Waals surface area contributed by atoms with Gasteiger partial charge in [0.1, 0.15) is 17.1 Å². The summed E-state index contributed by atoms with van der Waals surface area (Å²) in [5.74, 6) is -1.74. The van der Waals surface area contributed by atoms with E-state index in [0.29, 0.717) is 33.1 Å². The summed E-state index contributed by atoms with van der Waals surface area (Å²) in [4.78, 5) is 33.0. The van der Waals surface area contributed by atoms with Gasteiger partial charge in [0.25, 0.3) is 11.8 Å². The monoisotopic (exact) mass is 557 g/mol. The van der Waals surface area contributed by atoms with Crippen molar-refractivity contribution in [1.82, 2.24) is 18.6 Å². The molecule has 0 aliphatic carbocycles. The summed E-state index contributed by atoms with van der Waals surface area (Å²) in [6.07, 6.45) is 1.34. The van der Waals surface area contributed by atoms with Gasteiger partial charge in [0.15, 0.2) is 0 Å². The van der Waals surface area contributed by atoms with Gasteiger partial charge in [-0.15, -0.1) is 0 Å². The summed E-state index contributed by atoms with van der Waals surface area (Å²) in [5.41, 5.74) is 0.270. The first kappa shape index (κ1) is 25.7. The van der Waals surface area contributed by atoms with Crippen LogP contribution in [0.4, 0.5) is 15.8 Å². The van der Waals surface area contributed by atoms with E-state index in [9.17, 15) is 22.4 Å². The Morgan fingerprint density at radius 2 is 1.57 bits per heavy atom. The number of hydrogen-bond acceptors (Lipinski definition) is 5. The predicted octanol–water partition coefficient (Wildman–Crippen LogP) is 4.31. The van der Waals surface area contributed by atoms with Gasteiger partial charge < -0.3 is 5.32 Å². The molecule has 3 heterocycles. The number of para-hydroxylation sites is 3. The normalized spacial score (nSPS) is 17.1. The van der Waals surface area contributed by atoms with Crippen molar-refractivity contribution in [3.05, 3.63) is 102 Å². The van der Waals surface area contributed by atoms with E-state index in [2.05, 4.69) is 10.3 Å². The Bertz CT molecular complexity index is 1970. The van der Waals surface area contributed by atoms with Crippen molar-refractivity contribution in [3.63, 3.8) is 0 Å². The maximum absolute atomic E-state index is 14.8. The molecule has 2 aromatic heterocycles. The Labute approximate surface area is 229 Å². The van der Waals surface area contributed by atoms with E-state index in [0.717, 1.165) is 4.31 Å². The van der Waals surface area contributed by atoms with Crippen LogP contribution in [-0.4, -0.2) is 47.6 Å². The number of fused-ring (bicyclic) bond motifs is 4. The molecule has 202 valence electrons. The van der Waals surface area contributed by atoms with Gasteiger partial charge in [0.05, 0.1) is 28.6 Å². The van der Waals surface area contributed by atoms with Crippen molar-refractivity contribution in [2.24, 2.45) is 0 Å². The first-order valence-corrected chi connectivity index (χ1v) is 13.8. The predicted molar refractivity (Wildman–Crippen MR) is 150 cm³/mol. The van der Waals surface area contributed by atoms with Crippen LogP contribution < -0.4 is 10.2 Å². The molecule has 1 N–H and O–H groups in total. The third kappa shape index (κ3) is 3.62. The average Bonchev–Trinajstić information content (AvgIpc) is 3.38. The molecular weight excluding hydrogens is 533 g/mol. The summed E-state index contributed by atoms with van der Waals surface area (Å²) < 4.78 is 43.4. The number of pyridine rings is 1. The molecule has 0 spiro atoms. The van der Waals surface area contributed by atoms with Crippen LogP contribution in [0.15, 0.2) is 85.1 Å². The molecule has 1 atom stereocenters. The van der Waals surface area contributed by atoms with E-state index in [1.54, 1.807) is 61.5 Å². The molecule has 0 radical (unpaired) electrons. The average molecular weight is 558 g/mol. The molecular formula is C29H24FN5O4S. The molecule has 3 aromatic carbocycles. The van der Waals surface area contributed by atoms with Crippen LogP contribution in [0.1, 0.15) is 23.0 Å². The van der Waals surface area contributed by atoms with Gasteiger partial charge in [-0.1, -0.05) is 48.5 Å². The largest absolute Gasteiger partial charge is 0.333 e. The minimum Gasteiger partial charge on any atom is -0.333 e. The minimum absolute atomic E-state index is 0.00602. The van der Waals surface area contributed by atoms with Crippen molar-refractivity contribution in [3.8, 4) is 0 Å². The first-order chi connectivity index (χ1) is 19.1. The molecule has 0 bridgehead atoms. The van der Waals surface area contributed by atoms with Gasteiger partial charge in [-0.3, -0.25) is 14.5 Å². The summed E-state index contributed by atoms with van der Waals surface area (Å²) >= 11 is 0. The lowest BCUT2D eigenvalue weighted by Crippen LogP contribution is -2.50. The van der Waals surface area contributed by atoms with E-state index in [-0.39, 0.29) is 11.4 Å². The van der Waals surface area contributed by atoms with Crippen molar-refractivity contribution >= 4 is 55.2 Å². The van der Waals surface area contributed by atoms with Crippen LogP contribution in [0.2, 0.25) is 0 Å². The van der Waals surface area contributed by atoms with Crippen LogP contribution >= 0.6 is 0 Å². The molecule has 5 aromatic rings. The molecule has 0 unspecified atom stereocenters. The van der Waals surface area contributed by atoms with Gasteiger partial charge in [-0.2, -0.15) is 12.7 Å². The smallest absolute Gasteiger partial charge is 0.308 e. The Morgan fingerprint density at radius 3 is 2.30 bits per heavy atom. The van der Waals surface area contributed by atoms with Gasteiger partial charge in [0, 0.05) is 30.4 Å². The molecule has 0 saturated heterocycles. The van der Waals surface area contributed by atoms with Gasteiger partial charge in [0.2, 0.25) is 0 Å². The molecule has 9 nitrogen and oxygen atoms in total. The Balaban J connectivity index is 1.44. The van der Waals surface area contributed by atoms with E-state index in [4.69, 9.17) is 0 Å². The molecule has 0 fully saturated rings. The molecule has 40 heavy (non-hydrogen) atoms. The number of carbonyl (C=O) groups is 2. The van der Waals surface area contributed by atoms with Crippen molar-refractivity contribution in [2.45, 2.75) is 12.5 Å². The van der Waals surface area contributed by atoms with Crippen LogP contribution in [0.25, 0.3) is 21.8 Å². The Hall–Kier alpha value is -4.61. The maximum atomic E-state index is 14.8. The second-order valence-corrected chi connectivity index (χ2v) is 11.8. The molecule has 1 aliphatic heterocycles. The fourth-order valence-electron chi connectivity index (χ4n) is 5.19. The molecule has 1 aliphatic rings. The Morgan fingerprint density at radius 1 is 0.925 bits per heavy atom. The fraction of sp³-hybridized carbons (Fsp3) is 0.138. The first-order valence-electron chi connectivity index (χ1n) is 12.4. The van der Waals surface area contributed by atoms with E-state index >= 15 is 0 Å². The number of amides is 2. The van der Waals surface area contributed by atoms with Gasteiger partial charge in [-0.05, 0) is 37.3 Å². The van der Waals surface area contributed by atoms with Crippen molar-refractivity contribution < 1.29 is 22.4 Å². The second kappa shape index (κ2) is 8.97. The Kier molecular flexibility index (Phi) is 5.75. The van der Waals surface area contributed by atoms with Crippen LogP contribution in [0, 0.1) is 5.82 Å². The zero-order chi connectivity index (χ0) is 28.4. The summed E-state index contributed by atoms with van der Waals surface area (Å²) in [5, 5.41) is 3.95. The molecule has 11 heteroatoms. The van der Waals surface area contributed by atoms with E-state index in [1.165, 1.54) is 53.4 Å². The lowest BCUT2D eigenvalue weighted by molar-refractivity contribution is -0.122. The van der Waals surface area contributed by atoms with Crippen molar-refractivity contribution in [1.29, 1.82) is 0 Å². The highest BCUT2D eigenvalue weighted by Crippen LogP contribution is 2.45. The fourth-order valence-corrected chi connectivity index (χ4v) is 6.32. The van der Waals surface area contributed by atoms with Crippen LogP contribution in [-0.2, 0) is 20.5 Å². The number of carbonyl (C=O) groups excluding carboxylic acids is 2. The second-order valence-electron chi connectivity index (χ2n) is 9.85. The molecule has 2 amide bonds. The number of aromatic nitrogens is 2. The number of hydrogen-bond donors (Lipinski definition) is 1. The quantitative estimate of drug-likeness (QED) is 0.347. The highest BCUT2D eigenvalue weighted by molar-refractivity contribution is 7.87.